The van der Waals surface area contributed by atoms with Gasteiger partial charge in [0.15, 0.2) is 12.4 Å². The van der Waals surface area contributed by atoms with Gasteiger partial charge in [-0.05, 0) is 6.07 Å². The molecule has 0 saturated carbocycles. The van der Waals surface area contributed by atoms with Gasteiger partial charge in [0, 0.05) is 20.2 Å². The molecular weight excluding hydrogens is 124 g/mol. The van der Waals surface area contributed by atoms with Gasteiger partial charge in [-0.25, -0.2) is 0 Å². The van der Waals surface area contributed by atoms with E-state index in [9.17, 15) is 0 Å². The zero-order valence-corrected chi connectivity index (χ0v) is 6.41. The molecule has 53 valence electrons. The monoisotopic (exact) mass is 136 g/mol. The minimum atomic E-state index is 1.16. The molecule has 2 nitrogen and oxygen atoms in total. The molecule has 0 unspecified atom stereocenters. The molecule has 0 amide bonds. The van der Waals surface area contributed by atoms with Crippen LogP contribution in [0.4, 0.5) is 5.69 Å². The maximum absolute atomic E-state index is 3.75. The Hall–Kier alpha value is -1.05. The third kappa shape index (κ3) is 1.47. The van der Waals surface area contributed by atoms with Gasteiger partial charge in [-0.1, -0.05) is 0 Å². The zero-order chi connectivity index (χ0) is 7.56. The Kier molecular flexibility index (Phi) is 1.90. The average Bonchev–Trinajstić information content (AvgIpc) is 1.88. The lowest BCUT2D eigenvalue weighted by Crippen LogP contribution is -2.25. The largest absolute Gasteiger partial charge is 0.373 e. The van der Waals surface area contributed by atoms with E-state index in [1.165, 1.54) is 0 Å². The summed E-state index contributed by atoms with van der Waals surface area (Å²) in [7, 11) is 7.77. The number of hydrogen-bond donors (Lipinski definition) is 0. The molecular formula is C8H12N2+. The summed E-state index contributed by atoms with van der Waals surface area (Å²) < 4.78 is 1.79. The molecule has 10 heavy (non-hydrogen) atoms. The second-order valence-electron chi connectivity index (χ2n) is 2.47. The fraction of sp³-hybridized carbons (Fsp3) is 0.250. The highest BCUT2D eigenvalue weighted by Crippen LogP contribution is 2.04. The van der Waals surface area contributed by atoms with Crippen LogP contribution >= 0.6 is 0 Å². The summed E-state index contributed by atoms with van der Waals surface area (Å²) in [6.45, 7) is 0. The predicted octanol–water partition coefficient (Wildman–Crippen LogP) is 0.680. The van der Waals surface area contributed by atoms with E-state index in [1.54, 1.807) is 4.57 Å². The molecule has 0 aliphatic rings. The SMILES string of the molecule is [CH2][n+]1cccc(N(C)C)c1. The second-order valence-corrected chi connectivity index (χ2v) is 2.47. The molecule has 0 saturated heterocycles. The standard InChI is InChI=1S/C8H12N2/c1-9(2)8-5-4-6-10(3)7-8/h4-7H,3H2,1-2H3/q+1. The van der Waals surface area contributed by atoms with E-state index in [0.29, 0.717) is 0 Å². The maximum Gasteiger partial charge on any atom is 0.206 e. The summed E-state index contributed by atoms with van der Waals surface area (Å²) in [6.07, 6.45) is 3.88. The first-order valence-corrected chi connectivity index (χ1v) is 3.19. The topological polar surface area (TPSA) is 7.12 Å². The summed E-state index contributed by atoms with van der Waals surface area (Å²) in [5.74, 6) is 0. The van der Waals surface area contributed by atoms with Crippen molar-refractivity contribution in [1.29, 1.82) is 0 Å². The van der Waals surface area contributed by atoms with Crippen molar-refractivity contribution in [2.75, 3.05) is 19.0 Å². The first-order chi connectivity index (χ1) is 4.70. The minimum Gasteiger partial charge on any atom is -0.373 e. The van der Waals surface area contributed by atoms with E-state index in [0.717, 1.165) is 5.69 Å². The summed E-state index contributed by atoms with van der Waals surface area (Å²) in [4.78, 5) is 2.04. The zero-order valence-electron chi connectivity index (χ0n) is 6.41. The van der Waals surface area contributed by atoms with Gasteiger partial charge in [0.05, 0.1) is 0 Å². The summed E-state index contributed by atoms with van der Waals surface area (Å²) in [5, 5.41) is 0. The van der Waals surface area contributed by atoms with Crippen LogP contribution in [0.15, 0.2) is 24.5 Å². The van der Waals surface area contributed by atoms with Crippen LogP contribution in [0.25, 0.3) is 0 Å². The quantitative estimate of drug-likeness (QED) is 0.515. The lowest BCUT2D eigenvalue weighted by molar-refractivity contribution is -0.611. The lowest BCUT2D eigenvalue weighted by Gasteiger charge is -2.08. The van der Waals surface area contributed by atoms with Gasteiger partial charge in [0.25, 0.3) is 0 Å². The molecule has 0 bridgehead atoms. The third-order valence-electron chi connectivity index (χ3n) is 1.36. The van der Waals surface area contributed by atoms with Crippen molar-refractivity contribution >= 4 is 5.69 Å². The molecule has 0 aromatic carbocycles. The normalized spacial score (nSPS) is 9.50. The van der Waals surface area contributed by atoms with Crippen molar-refractivity contribution in [1.82, 2.24) is 0 Å². The summed E-state index contributed by atoms with van der Waals surface area (Å²) in [6, 6.07) is 4.02. The number of pyridine rings is 1. The van der Waals surface area contributed by atoms with Gasteiger partial charge in [-0.2, -0.15) is 4.57 Å². The number of anilines is 1. The Morgan fingerprint density at radius 3 is 2.60 bits per heavy atom. The Bertz CT molecular complexity index is 218. The molecule has 0 aliphatic carbocycles. The molecule has 2 heteroatoms. The van der Waals surface area contributed by atoms with Crippen LogP contribution in [0.2, 0.25) is 0 Å². The molecule has 0 fully saturated rings. The van der Waals surface area contributed by atoms with Crippen molar-refractivity contribution in [3.05, 3.63) is 31.6 Å². The van der Waals surface area contributed by atoms with E-state index in [4.69, 9.17) is 0 Å². The van der Waals surface area contributed by atoms with Crippen LogP contribution in [0.5, 0.6) is 0 Å². The molecule has 1 heterocycles. The van der Waals surface area contributed by atoms with E-state index in [2.05, 4.69) is 7.05 Å². The maximum atomic E-state index is 3.75. The van der Waals surface area contributed by atoms with Crippen LogP contribution in [0, 0.1) is 7.05 Å². The highest BCUT2D eigenvalue weighted by molar-refractivity contribution is 5.39. The molecule has 0 atom stereocenters. The Balaban J connectivity index is 2.96. The van der Waals surface area contributed by atoms with Crippen molar-refractivity contribution in [2.45, 2.75) is 0 Å². The first kappa shape index (κ1) is 7.06. The smallest absolute Gasteiger partial charge is 0.206 e. The van der Waals surface area contributed by atoms with Gasteiger partial charge < -0.3 is 4.90 Å². The highest BCUT2D eigenvalue weighted by Gasteiger charge is 1.97. The molecule has 1 radical (unpaired) electrons. The lowest BCUT2D eigenvalue weighted by atomic mass is 10.4. The van der Waals surface area contributed by atoms with E-state index >= 15 is 0 Å². The third-order valence-corrected chi connectivity index (χ3v) is 1.36. The van der Waals surface area contributed by atoms with Crippen LogP contribution in [0.3, 0.4) is 0 Å². The molecule has 0 aliphatic heterocycles. The number of aromatic nitrogens is 1. The van der Waals surface area contributed by atoms with Gasteiger partial charge in [-0.3, -0.25) is 0 Å². The molecule has 1 aromatic rings. The number of rotatable bonds is 1. The Morgan fingerprint density at radius 1 is 1.50 bits per heavy atom. The molecule has 0 N–H and O–H groups in total. The summed E-state index contributed by atoms with van der Waals surface area (Å²) in [5.41, 5.74) is 1.16. The van der Waals surface area contributed by atoms with Crippen molar-refractivity contribution in [3.8, 4) is 0 Å². The van der Waals surface area contributed by atoms with Crippen molar-refractivity contribution in [2.24, 2.45) is 0 Å². The number of hydrogen-bond acceptors (Lipinski definition) is 1. The molecule has 0 spiro atoms. The molecule has 1 aromatic heterocycles. The van der Waals surface area contributed by atoms with E-state index in [-0.39, 0.29) is 0 Å². The Morgan fingerprint density at radius 2 is 2.20 bits per heavy atom. The summed E-state index contributed by atoms with van der Waals surface area (Å²) >= 11 is 0. The van der Waals surface area contributed by atoms with Gasteiger partial charge >= 0.3 is 0 Å². The van der Waals surface area contributed by atoms with Crippen LogP contribution < -0.4 is 9.47 Å². The fourth-order valence-electron chi connectivity index (χ4n) is 0.773. The van der Waals surface area contributed by atoms with Crippen LogP contribution in [-0.4, -0.2) is 14.1 Å². The van der Waals surface area contributed by atoms with Gasteiger partial charge in [0.1, 0.15) is 5.69 Å². The number of nitrogens with zero attached hydrogens (tertiary/aromatic N) is 2. The van der Waals surface area contributed by atoms with Crippen LogP contribution in [0.1, 0.15) is 0 Å². The van der Waals surface area contributed by atoms with E-state index < -0.39 is 0 Å². The van der Waals surface area contributed by atoms with Crippen molar-refractivity contribution in [3.63, 3.8) is 0 Å². The Labute approximate surface area is 61.7 Å². The average molecular weight is 136 g/mol. The van der Waals surface area contributed by atoms with Gasteiger partial charge in [-0.15, -0.1) is 0 Å². The highest BCUT2D eigenvalue weighted by atomic mass is 15.1. The van der Waals surface area contributed by atoms with E-state index in [1.807, 2.05) is 43.5 Å². The minimum absolute atomic E-state index is 1.16. The van der Waals surface area contributed by atoms with Gasteiger partial charge in [0.2, 0.25) is 7.05 Å². The van der Waals surface area contributed by atoms with Crippen LogP contribution in [-0.2, 0) is 0 Å². The fourth-order valence-corrected chi connectivity index (χ4v) is 0.773. The second kappa shape index (κ2) is 2.69. The first-order valence-electron chi connectivity index (χ1n) is 3.19. The predicted molar refractivity (Wildman–Crippen MR) is 41.7 cm³/mol. The molecule has 1 rings (SSSR count). The van der Waals surface area contributed by atoms with Crippen molar-refractivity contribution < 1.29 is 4.57 Å².